The largest absolute Gasteiger partial charge is 0.384 e. The van der Waals surface area contributed by atoms with Crippen LogP contribution in [-0.4, -0.2) is 58.9 Å². The Hall–Kier alpha value is -4.95. The van der Waals surface area contributed by atoms with Crippen molar-refractivity contribution in [2.45, 2.75) is 76.2 Å². The van der Waals surface area contributed by atoms with Crippen LogP contribution < -0.4 is 10.6 Å². The van der Waals surface area contributed by atoms with E-state index in [0.29, 0.717) is 28.1 Å². The van der Waals surface area contributed by atoms with Crippen molar-refractivity contribution in [3.63, 3.8) is 0 Å². The molecule has 3 heterocycles. The summed E-state index contributed by atoms with van der Waals surface area (Å²) in [6.45, 7) is 3.87. The Morgan fingerprint density at radius 2 is 1.79 bits per heavy atom. The highest BCUT2D eigenvalue weighted by Gasteiger charge is 2.67. The molecule has 2 aliphatic rings. The van der Waals surface area contributed by atoms with Crippen LogP contribution in [0, 0.1) is 29.4 Å². The van der Waals surface area contributed by atoms with Crippen molar-refractivity contribution in [1.82, 2.24) is 29.9 Å². The van der Waals surface area contributed by atoms with Crippen molar-refractivity contribution >= 4 is 34.2 Å². The number of pyridine rings is 1. The lowest BCUT2D eigenvalue weighted by molar-refractivity contribution is -0.123. The number of carbonyl (C=O) groups excluding carboxylic acids is 1. The average Bonchev–Trinajstić information content (AvgIpc) is 3.64. The predicted octanol–water partition coefficient (Wildman–Crippen LogP) is 6.93. The van der Waals surface area contributed by atoms with Gasteiger partial charge in [0.15, 0.2) is 5.82 Å². The molecule has 3 aromatic heterocycles. The van der Waals surface area contributed by atoms with Gasteiger partial charge in [0.05, 0.1) is 34.2 Å². The second-order valence-corrected chi connectivity index (χ2v) is 15.0. The van der Waals surface area contributed by atoms with Gasteiger partial charge in [0.25, 0.3) is 18.3 Å². The van der Waals surface area contributed by atoms with Gasteiger partial charge in [-0.1, -0.05) is 23.6 Å². The summed E-state index contributed by atoms with van der Waals surface area (Å²) in [7, 11) is 1.61. The molecule has 0 bridgehead atoms. The molecule has 0 radical (unpaired) electrons. The third kappa shape index (κ3) is 7.48. The Bertz CT molecular complexity index is 2410. The van der Waals surface area contributed by atoms with Crippen molar-refractivity contribution in [2.75, 3.05) is 11.9 Å². The minimum Gasteiger partial charge on any atom is -0.384 e. The lowest BCUT2D eigenvalue weighted by Gasteiger charge is -2.23. The molecule has 5 aromatic rings. The molecule has 1 saturated carbocycles. The van der Waals surface area contributed by atoms with Gasteiger partial charge in [0.2, 0.25) is 0 Å². The molecule has 294 valence electrons. The fourth-order valence-corrected chi connectivity index (χ4v) is 7.60. The Balaban J connectivity index is 1.35. The van der Waals surface area contributed by atoms with E-state index in [1.807, 2.05) is 0 Å². The predicted molar refractivity (Wildman–Crippen MR) is 195 cm³/mol. The third-order valence-corrected chi connectivity index (χ3v) is 10.2. The number of alkyl halides is 4. The fourth-order valence-electron chi connectivity index (χ4n) is 7.36. The number of hydrogen-bond acceptors (Lipinski definition) is 7. The minimum atomic E-state index is -3.34. The van der Waals surface area contributed by atoms with Crippen LogP contribution in [-0.2, 0) is 30.7 Å². The highest BCUT2D eigenvalue weighted by Crippen LogP contribution is 2.68. The van der Waals surface area contributed by atoms with Crippen LogP contribution in [0.15, 0.2) is 42.5 Å². The normalized spacial score (nSPS) is 18.0. The van der Waals surface area contributed by atoms with Crippen molar-refractivity contribution in [1.29, 1.82) is 0 Å². The lowest BCUT2D eigenvalue weighted by atomic mass is 9.93. The van der Waals surface area contributed by atoms with E-state index in [9.17, 15) is 32.6 Å². The first-order valence-electron chi connectivity index (χ1n) is 17.7. The van der Waals surface area contributed by atoms with Crippen LogP contribution in [0.1, 0.15) is 79.5 Å². The van der Waals surface area contributed by atoms with Crippen molar-refractivity contribution < 1.29 is 41.4 Å². The van der Waals surface area contributed by atoms with Gasteiger partial charge in [-0.25, -0.2) is 22.5 Å². The number of aliphatic hydroxyl groups excluding tert-OH is 1. The first-order chi connectivity index (χ1) is 26.3. The van der Waals surface area contributed by atoms with Gasteiger partial charge in [-0.3, -0.25) is 14.2 Å². The number of rotatable bonds is 11. The van der Waals surface area contributed by atoms with Gasteiger partial charge in [-0.05, 0) is 81.3 Å². The number of carbonyl (C=O) groups is 1. The molecule has 2 aliphatic carbocycles. The smallest absolute Gasteiger partial charge is 0.293 e. The zero-order chi connectivity index (χ0) is 40.4. The number of halogens is 7. The number of hydrogen-bond donors (Lipinski definition) is 4. The van der Waals surface area contributed by atoms with Crippen LogP contribution in [0.2, 0.25) is 5.02 Å². The van der Waals surface area contributed by atoms with Gasteiger partial charge in [-0.2, -0.15) is 19.0 Å². The van der Waals surface area contributed by atoms with E-state index in [0.717, 1.165) is 16.8 Å². The first kappa shape index (κ1) is 39.3. The summed E-state index contributed by atoms with van der Waals surface area (Å²) >= 11 is 6.65. The molecule has 1 fully saturated rings. The molecule has 0 saturated heterocycles. The average molecular weight is 800 g/mol. The Labute approximate surface area is 321 Å². The Morgan fingerprint density at radius 3 is 2.45 bits per heavy atom. The molecular formula is C39H36ClF6N7O3. The molecule has 0 spiro atoms. The highest BCUT2D eigenvalue weighted by molar-refractivity contribution is 6.37. The standard InChI is InChI=1S/C39H36ClF6N7O3/c1-18(54)37(55)49-36-30-27(40)8-7-24(33(30)52(4)51-36)23-6-5-22(9-10-38(2,3)56)48-31(23)28(15-19-13-20(41)16-21(42)14-19)47-11-12-53-34-29(32(50-53)35(43)44)25-17-26(25)39(34,45)46/h5-8,13-14,16,18,25-26,28,35,47,54,56H,11-12,15,17H2,1-4H3,(H,49,51,55). The second-order valence-electron chi connectivity index (χ2n) is 14.6. The number of benzene rings is 2. The van der Waals surface area contributed by atoms with E-state index in [1.165, 1.54) is 25.5 Å². The molecule has 1 amide bonds. The molecule has 2 aromatic carbocycles. The van der Waals surface area contributed by atoms with Crippen LogP contribution >= 0.6 is 11.6 Å². The van der Waals surface area contributed by atoms with Gasteiger partial charge < -0.3 is 20.8 Å². The van der Waals surface area contributed by atoms with Gasteiger partial charge in [-0.15, -0.1) is 0 Å². The Morgan fingerprint density at radius 1 is 1.09 bits per heavy atom. The van der Waals surface area contributed by atoms with Crippen molar-refractivity contribution in [2.24, 2.45) is 13.0 Å². The summed E-state index contributed by atoms with van der Waals surface area (Å²) in [6, 6.07) is 8.58. The molecule has 10 nitrogen and oxygen atoms in total. The molecule has 56 heavy (non-hydrogen) atoms. The molecular weight excluding hydrogens is 764 g/mol. The van der Waals surface area contributed by atoms with Crippen LogP contribution in [0.5, 0.6) is 0 Å². The van der Waals surface area contributed by atoms with E-state index in [-0.39, 0.29) is 59.3 Å². The molecule has 17 heteroatoms. The van der Waals surface area contributed by atoms with E-state index >= 15 is 8.78 Å². The number of aryl methyl sites for hydroxylation is 1. The second kappa shape index (κ2) is 14.5. The fraction of sp³-hybridized carbons (Fsp3) is 0.385. The summed E-state index contributed by atoms with van der Waals surface area (Å²) < 4.78 is 90.3. The van der Waals surface area contributed by atoms with Crippen molar-refractivity contribution in [3.8, 4) is 23.0 Å². The van der Waals surface area contributed by atoms with Crippen LogP contribution in [0.3, 0.4) is 0 Å². The molecule has 4 unspecified atom stereocenters. The number of nitrogens with one attached hydrogen (secondary N) is 2. The number of amides is 1. The van der Waals surface area contributed by atoms with E-state index in [2.05, 4.69) is 32.7 Å². The summed E-state index contributed by atoms with van der Waals surface area (Å²) in [4.78, 5) is 17.3. The first-order valence-corrected chi connectivity index (χ1v) is 18.1. The number of aliphatic hydroxyl groups is 2. The third-order valence-electron chi connectivity index (χ3n) is 9.84. The number of fused-ring (bicyclic) bond motifs is 4. The highest BCUT2D eigenvalue weighted by atomic mass is 35.5. The van der Waals surface area contributed by atoms with Crippen LogP contribution in [0.4, 0.5) is 32.2 Å². The maximum atomic E-state index is 15.4. The molecule has 4 atom stereocenters. The van der Waals surface area contributed by atoms with Gasteiger partial charge in [0.1, 0.15) is 40.4 Å². The Kier molecular flexibility index (Phi) is 10.2. The SMILES string of the molecule is CC(O)C(=O)Nc1nn(C)c2c(-c3ccc(C#CC(C)(C)O)nc3C(Cc3cc(F)cc(F)c3)NCCn3nc(C(F)F)c4c3C(F)(F)C3CC43)ccc(Cl)c12. The number of aromatic nitrogens is 5. The van der Waals surface area contributed by atoms with Gasteiger partial charge >= 0.3 is 0 Å². The minimum absolute atomic E-state index is 0.0664. The summed E-state index contributed by atoms with van der Waals surface area (Å²) in [6.07, 6.45) is -4.40. The quantitative estimate of drug-likeness (QED) is 0.0843. The molecule has 0 aliphatic heterocycles. The number of anilines is 1. The number of nitrogens with zero attached hydrogens (tertiary/aromatic N) is 5. The zero-order valence-corrected chi connectivity index (χ0v) is 31.2. The molecule has 4 N–H and O–H groups in total. The van der Waals surface area contributed by atoms with Crippen molar-refractivity contribution in [3.05, 3.63) is 93.0 Å². The van der Waals surface area contributed by atoms with Gasteiger partial charge in [0, 0.05) is 42.3 Å². The maximum absolute atomic E-state index is 15.4. The topological polar surface area (TPSA) is 130 Å². The zero-order valence-electron chi connectivity index (χ0n) is 30.4. The summed E-state index contributed by atoms with van der Waals surface area (Å²) in [5.74, 6) is -1.86. The summed E-state index contributed by atoms with van der Waals surface area (Å²) in [5, 5.41) is 34.9. The summed E-state index contributed by atoms with van der Waals surface area (Å²) in [5.41, 5.74) is -0.651. The van der Waals surface area contributed by atoms with Crippen LogP contribution in [0.25, 0.3) is 22.0 Å². The molecule has 7 rings (SSSR count). The van der Waals surface area contributed by atoms with E-state index in [1.54, 1.807) is 31.3 Å². The van der Waals surface area contributed by atoms with E-state index < -0.39 is 70.9 Å². The van der Waals surface area contributed by atoms with E-state index in [4.69, 9.17) is 16.6 Å². The monoisotopic (exact) mass is 799 g/mol. The lowest BCUT2D eigenvalue weighted by Crippen LogP contribution is -2.30. The maximum Gasteiger partial charge on any atom is 0.293 e.